The van der Waals surface area contributed by atoms with Gasteiger partial charge in [-0.15, -0.1) is 0 Å². The number of hydrogen-bond donors (Lipinski definition) is 2. The number of nitrogens with one attached hydrogen (secondary N) is 2. The van der Waals surface area contributed by atoms with Crippen LogP contribution in [0.1, 0.15) is 12.8 Å². The molecule has 0 saturated carbocycles. The second-order valence-corrected chi connectivity index (χ2v) is 6.26. The maximum Gasteiger partial charge on any atom is 0.332 e. The minimum atomic E-state index is -0.540. The van der Waals surface area contributed by atoms with Gasteiger partial charge in [0, 0.05) is 20.6 Å². The Labute approximate surface area is 138 Å². The summed E-state index contributed by atoms with van der Waals surface area (Å²) in [6.07, 6.45) is 3.49. The molecular formula is C15H22N6O3. The standard InChI is InChI=1S/C15H22N6O3/c1-19-9-18-13-12(19)14(23)21(15(24)20(13)2)8-11(22)17-6-4-10-3-5-16-7-10/h9-10,16H,3-8H2,1-2H3,(H,17,22). The summed E-state index contributed by atoms with van der Waals surface area (Å²) in [7, 11) is 3.22. The Bertz CT molecular complexity index is 872. The topological polar surface area (TPSA) is 103 Å². The number of rotatable bonds is 5. The Morgan fingerprint density at radius 3 is 2.92 bits per heavy atom. The zero-order valence-electron chi connectivity index (χ0n) is 13.9. The number of aromatic nitrogens is 4. The molecule has 3 rings (SSSR count). The van der Waals surface area contributed by atoms with Crippen molar-refractivity contribution in [3.05, 3.63) is 27.2 Å². The van der Waals surface area contributed by atoms with E-state index < -0.39 is 11.2 Å². The van der Waals surface area contributed by atoms with Crippen molar-refractivity contribution in [3.63, 3.8) is 0 Å². The molecule has 24 heavy (non-hydrogen) atoms. The summed E-state index contributed by atoms with van der Waals surface area (Å²) in [5.41, 5.74) is -0.413. The highest BCUT2D eigenvalue weighted by atomic mass is 16.2. The number of amides is 1. The zero-order chi connectivity index (χ0) is 17.3. The van der Waals surface area contributed by atoms with Crippen molar-refractivity contribution in [3.8, 4) is 0 Å². The predicted molar refractivity (Wildman–Crippen MR) is 88.8 cm³/mol. The van der Waals surface area contributed by atoms with Crippen molar-refractivity contribution >= 4 is 17.1 Å². The van der Waals surface area contributed by atoms with E-state index in [1.54, 1.807) is 18.7 Å². The average molecular weight is 334 g/mol. The molecule has 1 unspecified atom stereocenters. The number of carbonyl (C=O) groups excluding carboxylic acids is 1. The van der Waals surface area contributed by atoms with Crippen LogP contribution in [0, 0.1) is 5.92 Å². The van der Waals surface area contributed by atoms with Gasteiger partial charge in [-0.2, -0.15) is 0 Å². The summed E-state index contributed by atoms with van der Waals surface area (Å²) in [6.45, 7) is 2.27. The monoisotopic (exact) mass is 334 g/mol. The van der Waals surface area contributed by atoms with Crippen LogP contribution in [0.5, 0.6) is 0 Å². The maximum atomic E-state index is 12.5. The largest absolute Gasteiger partial charge is 0.355 e. The van der Waals surface area contributed by atoms with E-state index in [9.17, 15) is 14.4 Å². The third-order valence-electron chi connectivity index (χ3n) is 4.54. The van der Waals surface area contributed by atoms with E-state index in [1.807, 2.05) is 0 Å². The van der Waals surface area contributed by atoms with Gasteiger partial charge in [0.15, 0.2) is 11.2 Å². The van der Waals surface area contributed by atoms with Crippen molar-refractivity contribution in [2.75, 3.05) is 19.6 Å². The summed E-state index contributed by atoms with van der Waals surface area (Å²) in [5.74, 6) is 0.244. The van der Waals surface area contributed by atoms with Crippen molar-refractivity contribution in [2.45, 2.75) is 19.4 Å². The highest BCUT2D eigenvalue weighted by Crippen LogP contribution is 2.10. The molecule has 2 aromatic rings. The molecule has 0 radical (unpaired) electrons. The van der Waals surface area contributed by atoms with Crippen LogP contribution in [0.2, 0.25) is 0 Å². The van der Waals surface area contributed by atoms with Gasteiger partial charge in [0.25, 0.3) is 5.56 Å². The number of fused-ring (bicyclic) bond motifs is 1. The lowest BCUT2D eigenvalue weighted by molar-refractivity contribution is -0.121. The molecule has 1 saturated heterocycles. The molecule has 1 aliphatic rings. The van der Waals surface area contributed by atoms with Crippen LogP contribution < -0.4 is 21.9 Å². The van der Waals surface area contributed by atoms with Crippen LogP contribution in [0.3, 0.4) is 0 Å². The van der Waals surface area contributed by atoms with Crippen LogP contribution in [-0.4, -0.2) is 44.2 Å². The lowest BCUT2D eigenvalue weighted by Crippen LogP contribution is -2.43. The summed E-state index contributed by atoms with van der Waals surface area (Å²) in [6, 6.07) is 0. The molecule has 130 valence electrons. The molecule has 2 N–H and O–H groups in total. The Hall–Kier alpha value is -2.42. The van der Waals surface area contributed by atoms with E-state index in [0.717, 1.165) is 30.5 Å². The Balaban J connectivity index is 1.74. The van der Waals surface area contributed by atoms with Gasteiger partial charge in [-0.3, -0.25) is 14.2 Å². The van der Waals surface area contributed by atoms with Crippen molar-refractivity contribution in [2.24, 2.45) is 20.0 Å². The Morgan fingerprint density at radius 2 is 2.21 bits per heavy atom. The molecule has 1 atom stereocenters. The molecule has 0 aliphatic carbocycles. The number of aryl methyl sites for hydroxylation is 2. The van der Waals surface area contributed by atoms with Crippen LogP contribution in [0.25, 0.3) is 11.2 Å². The lowest BCUT2D eigenvalue weighted by atomic mass is 10.1. The second-order valence-electron chi connectivity index (χ2n) is 6.26. The molecule has 0 spiro atoms. The molecule has 0 bridgehead atoms. The van der Waals surface area contributed by atoms with E-state index in [1.165, 1.54) is 10.9 Å². The fourth-order valence-electron chi connectivity index (χ4n) is 3.11. The minimum Gasteiger partial charge on any atom is -0.355 e. The minimum absolute atomic E-state index is 0.282. The first kappa shape index (κ1) is 16.4. The summed E-state index contributed by atoms with van der Waals surface area (Å²) < 4.78 is 3.79. The van der Waals surface area contributed by atoms with Crippen LogP contribution in [0.4, 0.5) is 0 Å². The molecule has 1 amide bonds. The first-order chi connectivity index (χ1) is 11.5. The van der Waals surface area contributed by atoms with Crippen LogP contribution in [-0.2, 0) is 25.4 Å². The molecular weight excluding hydrogens is 312 g/mol. The quantitative estimate of drug-likeness (QED) is 0.696. The van der Waals surface area contributed by atoms with E-state index >= 15 is 0 Å². The normalized spacial score (nSPS) is 17.5. The third kappa shape index (κ3) is 2.99. The summed E-state index contributed by atoms with van der Waals surface area (Å²) >= 11 is 0. The van der Waals surface area contributed by atoms with E-state index in [2.05, 4.69) is 15.6 Å². The van der Waals surface area contributed by atoms with Gasteiger partial charge >= 0.3 is 5.69 Å². The molecule has 1 fully saturated rings. The zero-order valence-corrected chi connectivity index (χ0v) is 13.9. The highest BCUT2D eigenvalue weighted by Gasteiger charge is 2.17. The van der Waals surface area contributed by atoms with Gasteiger partial charge < -0.3 is 15.2 Å². The summed E-state index contributed by atoms with van der Waals surface area (Å²) in [4.78, 5) is 41.0. The van der Waals surface area contributed by atoms with Gasteiger partial charge in [0.1, 0.15) is 6.54 Å². The molecule has 2 aromatic heterocycles. The Kier molecular flexibility index (Phi) is 4.52. The van der Waals surface area contributed by atoms with Gasteiger partial charge in [0.05, 0.1) is 6.33 Å². The van der Waals surface area contributed by atoms with Crippen LogP contribution >= 0.6 is 0 Å². The maximum absolute atomic E-state index is 12.5. The first-order valence-corrected chi connectivity index (χ1v) is 8.07. The number of carbonyl (C=O) groups is 1. The molecule has 9 nitrogen and oxygen atoms in total. The van der Waals surface area contributed by atoms with Gasteiger partial charge in [-0.1, -0.05) is 0 Å². The van der Waals surface area contributed by atoms with Crippen molar-refractivity contribution in [1.82, 2.24) is 29.3 Å². The number of imidazole rings is 1. The van der Waals surface area contributed by atoms with E-state index in [-0.39, 0.29) is 12.5 Å². The molecule has 0 aromatic carbocycles. The van der Waals surface area contributed by atoms with Crippen molar-refractivity contribution in [1.29, 1.82) is 0 Å². The lowest BCUT2D eigenvalue weighted by Gasteiger charge is -2.11. The summed E-state index contributed by atoms with van der Waals surface area (Å²) in [5, 5.41) is 6.07. The number of nitrogens with zero attached hydrogens (tertiary/aromatic N) is 4. The highest BCUT2D eigenvalue weighted by molar-refractivity contribution is 5.76. The smallest absolute Gasteiger partial charge is 0.332 e. The number of hydrogen-bond acceptors (Lipinski definition) is 5. The van der Waals surface area contributed by atoms with Gasteiger partial charge in [-0.05, 0) is 31.8 Å². The fraction of sp³-hybridized carbons (Fsp3) is 0.600. The third-order valence-corrected chi connectivity index (χ3v) is 4.54. The van der Waals surface area contributed by atoms with Gasteiger partial charge in [-0.25, -0.2) is 14.3 Å². The molecule has 3 heterocycles. The van der Waals surface area contributed by atoms with E-state index in [4.69, 9.17) is 0 Å². The predicted octanol–water partition coefficient (Wildman–Crippen LogP) is -1.45. The SMILES string of the molecule is Cn1cnc2c1c(=O)n(CC(=O)NCCC1CCNC1)c(=O)n2C. The van der Waals surface area contributed by atoms with E-state index in [0.29, 0.717) is 23.6 Å². The Morgan fingerprint density at radius 1 is 1.42 bits per heavy atom. The van der Waals surface area contributed by atoms with Crippen LogP contribution in [0.15, 0.2) is 15.9 Å². The van der Waals surface area contributed by atoms with Gasteiger partial charge in [0.2, 0.25) is 5.91 Å². The molecule has 9 heteroatoms. The van der Waals surface area contributed by atoms with Crippen molar-refractivity contribution < 1.29 is 4.79 Å². The fourth-order valence-corrected chi connectivity index (χ4v) is 3.11. The first-order valence-electron chi connectivity index (χ1n) is 8.07. The second kappa shape index (κ2) is 6.60. The molecule has 1 aliphatic heterocycles. The average Bonchev–Trinajstić information content (AvgIpc) is 3.19.